The highest BCUT2D eigenvalue weighted by molar-refractivity contribution is 7.89. The Balaban J connectivity index is 2.23. The molecule has 2 rings (SSSR count). The fourth-order valence-corrected chi connectivity index (χ4v) is 4.09. The summed E-state index contributed by atoms with van der Waals surface area (Å²) in [7, 11) is -8.86. The van der Waals surface area contributed by atoms with E-state index < -0.39 is 25.1 Å². The number of hydrogen-bond donors (Lipinski definition) is 1. The molecule has 21 heavy (non-hydrogen) atoms. The summed E-state index contributed by atoms with van der Waals surface area (Å²) >= 11 is 0. The van der Waals surface area contributed by atoms with Crippen LogP contribution in [0.3, 0.4) is 0 Å². The van der Waals surface area contributed by atoms with Crippen LogP contribution < -0.4 is 4.72 Å². The maximum atomic E-state index is 12.9. The molecule has 0 bridgehead atoms. The zero-order valence-corrected chi connectivity index (χ0v) is 13.0. The fourth-order valence-electron chi connectivity index (χ4n) is 2.15. The average molecular weight is 337 g/mol. The zero-order chi connectivity index (χ0) is 15.7. The monoisotopic (exact) mass is 337 g/mol. The quantitative estimate of drug-likeness (QED) is 0.811. The standard InChI is InChI=1S/C12H16FNO5S2/c1-9(10-5-6-19-8-10)14-21(17,18)12-4-2-3-11(7-12)20(13,15)16/h2-4,7,9-10,14H,5-6,8H2,1H3. The molecule has 1 aliphatic heterocycles. The van der Waals surface area contributed by atoms with Crippen LogP contribution in [0.4, 0.5) is 3.89 Å². The van der Waals surface area contributed by atoms with Crippen LogP contribution in [0.2, 0.25) is 0 Å². The molecule has 1 aromatic carbocycles. The van der Waals surface area contributed by atoms with E-state index in [0.29, 0.717) is 13.2 Å². The Labute approximate surface area is 123 Å². The summed E-state index contributed by atoms with van der Waals surface area (Å²) < 4.78 is 66.7. The minimum absolute atomic E-state index is 0.0628. The minimum Gasteiger partial charge on any atom is -0.381 e. The number of ether oxygens (including phenoxy) is 1. The molecule has 118 valence electrons. The van der Waals surface area contributed by atoms with Crippen molar-refractivity contribution >= 4 is 20.2 Å². The van der Waals surface area contributed by atoms with E-state index in [0.717, 1.165) is 18.6 Å². The van der Waals surface area contributed by atoms with Gasteiger partial charge in [-0.15, -0.1) is 3.89 Å². The van der Waals surface area contributed by atoms with Crippen molar-refractivity contribution in [1.29, 1.82) is 0 Å². The fraction of sp³-hybridized carbons (Fsp3) is 0.500. The van der Waals surface area contributed by atoms with E-state index in [2.05, 4.69) is 4.72 Å². The third kappa shape index (κ3) is 4.00. The normalized spacial score (nSPS) is 21.3. The summed E-state index contributed by atoms with van der Waals surface area (Å²) in [5, 5.41) is 0. The van der Waals surface area contributed by atoms with E-state index in [1.165, 1.54) is 12.1 Å². The van der Waals surface area contributed by atoms with Gasteiger partial charge in [0.2, 0.25) is 10.0 Å². The van der Waals surface area contributed by atoms with E-state index in [4.69, 9.17) is 4.74 Å². The number of sulfonamides is 1. The van der Waals surface area contributed by atoms with Gasteiger partial charge in [0, 0.05) is 18.6 Å². The zero-order valence-electron chi connectivity index (χ0n) is 11.3. The lowest BCUT2D eigenvalue weighted by Gasteiger charge is -2.19. The summed E-state index contributed by atoms with van der Waals surface area (Å²) in [5.74, 6) is 0.0628. The van der Waals surface area contributed by atoms with Crippen LogP contribution in [-0.4, -0.2) is 36.1 Å². The van der Waals surface area contributed by atoms with Crippen molar-refractivity contribution in [1.82, 2.24) is 4.72 Å². The largest absolute Gasteiger partial charge is 0.381 e. The lowest BCUT2D eigenvalue weighted by Crippen LogP contribution is -2.38. The van der Waals surface area contributed by atoms with Crippen molar-refractivity contribution in [2.24, 2.45) is 5.92 Å². The second-order valence-electron chi connectivity index (χ2n) is 4.95. The Hall–Kier alpha value is -1.03. The van der Waals surface area contributed by atoms with Crippen LogP contribution in [0.25, 0.3) is 0 Å². The Morgan fingerprint density at radius 1 is 1.29 bits per heavy atom. The Morgan fingerprint density at radius 3 is 2.52 bits per heavy atom. The number of rotatable bonds is 5. The van der Waals surface area contributed by atoms with E-state index in [-0.39, 0.29) is 16.9 Å². The highest BCUT2D eigenvalue weighted by atomic mass is 32.3. The molecular formula is C12H16FNO5S2. The van der Waals surface area contributed by atoms with E-state index >= 15 is 0 Å². The van der Waals surface area contributed by atoms with Crippen LogP contribution in [0.5, 0.6) is 0 Å². The lowest BCUT2D eigenvalue weighted by atomic mass is 10.0. The first-order chi connectivity index (χ1) is 9.70. The highest BCUT2D eigenvalue weighted by Gasteiger charge is 2.27. The second-order valence-corrected chi connectivity index (χ2v) is 8.01. The van der Waals surface area contributed by atoms with Gasteiger partial charge in [-0.3, -0.25) is 0 Å². The van der Waals surface area contributed by atoms with Gasteiger partial charge in [0.1, 0.15) is 0 Å². The van der Waals surface area contributed by atoms with Crippen molar-refractivity contribution in [3.8, 4) is 0 Å². The van der Waals surface area contributed by atoms with Crippen molar-refractivity contribution in [2.45, 2.75) is 29.2 Å². The SMILES string of the molecule is CC(NS(=O)(=O)c1cccc(S(=O)(=O)F)c1)C1CCOC1. The van der Waals surface area contributed by atoms with E-state index in [1.807, 2.05) is 0 Å². The first-order valence-electron chi connectivity index (χ1n) is 6.35. The molecule has 0 radical (unpaired) electrons. The molecule has 0 amide bonds. The molecular weight excluding hydrogens is 321 g/mol. The van der Waals surface area contributed by atoms with Crippen molar-refractivity contribution < 1.29 is 25.5 Å². The molecule has 0 saturated carbocycles. The molecule has 1 fully saturated rings. The minimum atomic E-state index is -4.94. The van der Waals surface area contributed by atoms with Gasteiger partial charge < -0.3 is 4.74 Å². The molecule has 2 atom stereocenters. The topological polar surface area (TPSA) is 89.5 Å². The molecule has 1 aliphatic rings. The van der Waals surface area contributed by atoms with Gasteiger partial charge in [0.25, 0.3) is 0 Å². The highest BCUT2D eigenvalue weighted by Crippen LogP contribution is 2.21. The molecule has 0 spiro atoms. The first kappa shape index (κ1) is 16.3. The third-order valence-electron chi connectivity index (χ3n) is 3.41. The van der Waals surface area contributed by atoms with Crippen LogP contribution in [0, 0.1) is 5.92 Å². The van der Waals surface area contributed by atoms with Crippen LogP contribution in [-0.2, 0) is 25.0 Å². The van der Waals surface area contributed by atoms with E-state index in [1.54, 1.807) is 6.92 Å². The summed E-state index contributed by atoms with van der Waals surface area (Å²) in [6, 6.07) is 3.85. The van der Waals surface area contributed by atoms with Crippen molar-refractivity contribution in [3.63, 3.8) is 0 Å². The first-order valence-corrected chi connectivity index (χ1v) is 9.21. The molecule has 6 nitrogen and oxygen atoms in total. The van der Waals surface area contributed by atoms with Gasteiger partial charge >= 0.3 is 10.2 Å². The van der Waals surface area contributed by atoms with Crippen LogP contribution in [0.1, 0.15) is 13.3 Å². The van der Waals surface area contributed by atoms with Crippen LogP contribution in [0.15, 0.2) is 34.1 Å². The lowest BCUT2D eigenvalue weighted by molar-refractivity contribution is 0.180. The van der Waals surface area contributed by atoms with Crippen LogP contribution >= 0.6 is 0 Å². The van der Waals surface area contributed by atoms with E-state index in [9.17, 15) is 20.7 Å². The number of hydrogen-bond acceptors (Lipinski definition) is 5. The number of nitrogens with one attached hydrogen (secondary N) is 1. The van der Waals surface area contributed by atoms with Gasteiger partial charge in [-0.1, -0.05) is 6.07 Å². The van der Waals surface area contributed by atoms with Gasteiger partial charge in [0.05, 0.1) is 16.4 Å². The molecule has 1 saturated heterocycles. The Kier molecular flexibility index (Phi) is 4.66. The number of benzene rings is 1. The van der Waals surface area contributed by atoms with Crippen molar-refractivity contribution in [3.05, 3.63) is 24.3 Å². The molecule has 1 aromatic rings. The van der Waals surface area contributed by atoms with Gasteiger partial charge in [-0.05, 0) is 31.5 Å². The molecule has 1 N–H and O–H groups in total. The smallest absolute Gasteiger partial charge is 0.332 e. The molecule has 1 heterocycles. The molecule has 0 aromatic heterocycles. The third-order valence-corrected chi connectivity index (χ3v) is 5.78. The average Bonchev–Trinajstić information content (AvgIpc) is 2.91. The predicted molar refractivity (Wildman–Crippen MR) is 73.4 cm³/mol. The summed E-state index contributed by atoms with van der Waals surface area (Å²) in [5.41, 5.74) is 0. The van der Waals surface area contributed by atoms with Crippen molar-refractivity contribution in [2.75, 3.05) is 13.2 Å². The summed E-state index contributed by atoms with van der Waals surface area (Å²) in [4.78, 5) is -0.964. The Morgan fingerprint density at radius 2 is 1.95 bits per heavy atom. The Bertz CT molecular complexity index is 711. The predicted octanol–water partition coefficient (Wildman–Crippen LogP) is 1.05. The van der Waals surface area contributed by atoms with Gasteiger partial charge in [0.15, 0.2) is 0 Å². The van der Waals surface area contributed by atoms with Gasteiger partial charge in [-0.25, -0.2) is 13.1 Å². The molecule has 2 unspecified atom stereocenters. The summed E-state index contributed by atoms with van der Waals surface area (Å²) in [6.07, 6.45) is 0.753. The second kappa shape index (κ2) is 5.99. The molecule has 0 aliphatic carbocycles. The molecule has 9 heteroatoms. The summed E-state index contributed by atoms with van der Waals surface area (Å²) in [6.45, 7) is 2.78. The number of halogens is 1. The maximum absolute atomic E-state index is 12.9. The van der Waals surface area contributed by atoms with Gasteiger partial charge in [-0.2, -0.15) is 8.42 Å². The maximum Gasteiger partial charge on any atom is 0.332 e.